The molecule has 1 aromatic rings. The first kappa shape index (κ1) is 11.6. The number of hydrogen-bond acceptors (Lipinski definition) is 3. The second-order valence-electron chi connectivity index (χ2n) is 4.17. The van der Waals surface area contributed by atoms with Crippen molar-refractivity contribution in [2.24, 2.45) is 0 Å². The van der Waals surface area contributed by atoms with Gasteiger partial charge in [-0.15, -0.1) is 11.3 Å². The van der Waals surface area contributed by atoms with E-state index >= 15 is 0 Å². The summed E-state index contributed by atoms with van der Waals surface area (Å²) in [5.74, 6) is 0.195. The van der Waals surface area contributed by atoms with Gasteiger partial charge in [0.2, 0.25) is 5.91 Å². The van der Waals surface area contributed by atoms with Crippen LogP contribution in [0, 0.1) is 0 Å². The fraction of sp³-hybridized carbons (Fsp3) is 0.583. The lowest BCUT2D eigenvalue weighted by Gasteiger charge is -2.23. The molecule has 1 aromatic heterocycles. The Morgan fingerprint density at radius 2 is 2.31 bits per heavy atom. The third-order valence-corrected chi connectivity index (χ3v) is 3.82. The fourth-order valence-corrected chi connectivity index (χ4v) is 2.67. The van der Waals surface area contributed by atoms with E-state index in [1.165, 1.54) is 4.88 Å². The van der Waals surface area contributed by atoms with Crippen LogP contribution in [-0.4, -0.2) is 25.0 Å². The highest BCUT2D eigenvalue weighted by Gasteiger charge is 2.14. The zero-order chi connectivity index (χ0) is 11.2. The van der Waals surface area contributed by atoms with Crippen molar-refractivity contribution < 1.29 is 4.79 Å². The highest BCUT2D eigenvalue weighted by atomic mass is 32.1. The maximum absolute atomic E-state index is 11.7. The van der Waals surface area contributed by atoms with Crippen LogP contribution in [0.3, 0.4) is 0 Å². The zero-order valence-electron chi connectivity index (χ0n) is 9.37. The van der Waals surface area contributed by atoms with Crippen molar-refractivity contribution in [3.63, 3.8) is 0 Å². The smallest absolute Gasteiger partial charge is 0.220 e. The number of amides is 1. The van der Waals surface area contributed by atoms with Crippen LogP contribution in [0.15, 0.2) is 17.5 Å². The Hall–Kier alpha value is -0.870. The first-order chi connectivity index (χ1) is 7.84. The topological polar surface area (TPSA) is 41.1 Å². The van der Waals surface area contributed by atoms with Gasteiger partial charge >= 0.3 is 0 Å². The quantitative estimate of drug-likeness (QED) is 0.835. The second-order valence-corrected chi connectivity index (χ2v) is 5.20. The third kappa shape index (κ3) is 3.61. The highest BCUT2D eigenvalue weighted by molar-refractivity contribution is 7.09. The zero-order valence-corrected chi connectivity index (χ0v) is 10.2. The monoisotopic (exact) mass is 238 g/mol. The van der Waals surface area contributed by atoms with E-state index in [9.17, 15) is 4.79 Å². The molecule has 4 heteroatoms. The van der Waals surface area contributed by atoms with E-state index in [1.807, 2.05) is 6.07 Å². The van der Waals surface area contributed by atoms with Gasteiger partial charge in [0.1, 0.15) is 0 Å². The molecule has 88 valence electrons. The van der Waals surface area contributed by atoms with Crippen LogP contribution < -0.4 is 10.6 Å². The van der Waals surface area contributed by atoms with Gasteiger partial charge in [-0.05, 0) is 43.8 Å². The number of thiophene rings is 1. The summed E-state index contributed by atoms with van der Waals surface area (Å²) in [4.78, 5) is 13.0. The standard InChI is InChI=1S/C12H18N2OS/c15-12(4-3-11-2-1-9-16-11)14-10-5-7-13-8-6-10/h1-2,9-10,13H,3-8H2,(H,14,15). The van der Waals surface area contributed by atoms with E-state index in [-0.39, 0.29) is 5.91 Å². The molecule has 1 aliphatic heterocycles. The van der Waals surface area contributed by atoms with Crippen LogP contribution in [0.4, 0.5) is 0 Å². The van der Waals surface area contributed by atoms with Gasteiger partial charge in [-0.1, -0.05) is 6.07 Å². The van der Waals surface area contributed by atoms with E-state index < -0.39 is 0 Å². The van der Waals surface area contributed by atoms with Gasteiger partial charge in [0.05, 0.1) is 0 Å². The van der Waals surface area contributed by atoms with E-state index in [1.54, 1.807) is 11.3 Å². The van der Waals surface area contributed by atoms with Gasteiger partial charge in [0, 0.05) is 17.3 Å². The number of carbonyl (C=O) groups is 1. The molecular formula is C12H18N2OS. The first-order valence-electron chi connectivity index (χ1n) is 5.87. The van der Waals surface area contributed by atoms with Gasteiger partial charge in [-0.3, -0.25) is 4.79 Å². The molecular weight excluding hydrogens is 220 g/mol. The van der Waals surface area contributed by atoms with Crippen molar-refractivity contribution in [1.82, 2.24) is 10.6 Å². The SMILES string of the molecule is O=C(CCc1cccs1)NC1CCNCC1. The molecule has 1 amide bonds. The Kier molecular flexibility index (Phi) is 4.36. The molecule has 16 heavy (non-hydrogen) atoms. The fourth-order valence-electron chi connectivity index (χ4n) is 1.96. The van der Waals surface area contributed by atoms with Crippen molar-refractivity contribution in [3.8, 4) is 0 Å². The summed E-state index contributed by atoms with van der Waals surface area (Å²) >= 11 is 1.72. The Bertz CT molecular complexity index is 318. The van der Waals surface area contributed by atoms with Crippen molar-refractivity contribution >= 4 is 17.2 Å². The molecule has 0 bridgehead atoms. The molecule has 0 aliphatic carbocycles. The molecule has 0 saturated carbocycles. The molecule has 0 unspecified atom stereocenters. The van der Waals surface area contributed by atoms with Gasteiger partial charge in [0.15, 0.2) is 0 Å². The molecule has 1 fully saturated rings. The largest absolute Gasteiger partial charge is 0.353 e. The average Bonchev–Trinajstić information content (AvgIpc) is 2.81. The van der Waals surface area contributed by atoms with Crippen LogP contribution in [0.2, 0.25) is 0 Å². The van der Waals surface area contributed by atoms with E-state index in [0.717, 1.165) is 32.4 Å². The van der Waals surface area contributed by atoms with E-state index in [2.05, 4.69) is 22.1 Å². The minimum Gasteiger partial charge on any atom is -0.353 e. The number of rotatable bonds is 4. The maximum Gasteiger partial charge on any atom is 0.220 e. The Morgan fingerprint density at radius 3 is 3.00 bits per heavy atom. The lowest BCUT2D eigenvalue weighted by Crippen LogP contribution is -2.42. The molecule has 3 nitrogen and oxygen atoms in total. The minimum atomic E-state index is 0.195. The van der Waals surface area contributed by atoms with Crippen molar-refractivity contribution in [2.75, 3.05) is 13.1 Å². The van der Waals surface area contributed by atoms with Gasteiger partial charge < -0.3 is 10.6 Å². The molecule has 1 saturated heterocycles. The van der Waals surface area contributed by atoms with Gasteiger partial charge in [0.25, 0.3) is 0 Å². The predicted octanol–water partition coefficient (Wildman–Crippen LogP) is 1.55. The summed E-state index contributed by atoms with van der Waals surface area (Å²) in [5.41, 5.74) is 0. The van der Waals surface area contributed by atoms with Crippen LogP contribution in [0.1, 0.15) is 24.1 Å². The summed E-state index contributed by atoms with van der Waals surface area (Å²) in [6.07, 6.45) is 3.61. The van der Waals surface area contributed by atoms with Gasteiger partial charge in [-0.2, -0.15) is 0 Å². The summed E-state index contributed by atoms with van der Waals surface area (Å²) in [6.45, 7) is 2.05. The van der Waals surface area contributed by atoms with Crippen LogP contribution in [-0.2, 0) is 11.2 Å². The lowest BCUT2D eigenvalue weighted by atomic mass is 10.1. The Balaban J connectivity index is 1.67. The predicted molar refractivity (Wildman–Crippen MR) is 66.7 cm³/mol. The lowest BCUT2D eigenvalue weighted by molar-refractivity contribution is -0.121. The molecule has 2 rings (SSSR count). The van der Waals surface area contributed by atoms with Crippen molar-refractivity contribution in [3.05, 3.63) is 22.4 Å². The number of nitrogens with one attached hydrogen (secondary N) is 2. The Labute approximate surface area is 100 Å². The second kappa shape index (κ2) is 6.01. The van der Waals surface area contributed by atoms with Crippen LogP contribution in [0.5, 0.6) is 0 Å². The third-order valence-electron chi connectivity index (χ3n) is 2.88. The highest BCUT2D eigenvalue weighted by Crippen LogP contribution is 2.11. The number of aryl methyl sites for hydroxylation is 1. The van der Waals surface area contributed by atoms with Crippen LogP contribution in [0.25, 0.3) is 0 Å². The Morgan fingerprint density at radius 1 is 1.50 bits per heavy atom. The number of carbonyl (C=O) groups excluding carboxylic acids is 1. The van der Waals surface area contributed by atoms with Gasteiger partial charge in [-0.25, -0.2) is 0 Å². The summed E-state index contributed by atoms with van der Waals surface area (Å²) < 4.78 is 0. The average molecular weight is 238 g/mol. The summed E-state index contributed by atoms with van der Waals surface area (Å²) in [6, 6.07) is 4.50. The number of piperidine rings is 1. The summed E-state index contributed by atoms with van der Waals surface area (Å²) in [7, 11) is 0. The molecule has 1 aliphatic rings. The first-order valence-corrected chi connectivity index (χ1v) is 6.75. The molecule has 0 radical (unpaired) electrons. The molecule has 0 atom stereocenters. The van der Waals surface area contributed by atoms with Crippen LogP contribution >= 0.6 is 11.3 Å². The van der Waals surface area contributed by atoms with E-state index in [4.69, 9.17) is 0 Å². The van der Waals surface area contributed by atoms with Crippen molar-refractivity contribution in [2.45, 2.75) is 31.7 Å². The molecule has 0 aromatic carbocycles. The van der Waals surface area contributed by atoms with Crippen molar-refractivity contribution in [1.29, 1.82) is 0 Å². The molecule has 0 spiro atoms. The normalized spacial score (nSPS) is 17.2. The minimum absolute atomic E-state index is 0.195. The number of hydrogen-bond donors (Lipinski definition) is 2. The molecule has 2 N–H and O–H groups in total. The maximum atomic E-state index is 11.7. The molecule has 2 heterocycles. The summed E-state index contributed by atoms with van der Waals surface area (Å²) in [5, 5.41) is 8.46. The van der Waals surface area contributed by atoms with E-state index in [0.29, 0.717) is 12.5 Å².